The molecule has 1 aliphatic heterocycles. The number of benzene rings is 1. The Bertz CT molecular complexity index is 1240. The third-order valence-corrected chi connectivity index (χ3v) is 5.88. The Balaban J connectivity index is 2.34. The van der Waals surface area contributed by atoms with Crippen molar-refractivity contribution in [2.75, 3.05) is 13.7 Å². The summed E-state index contributed by atoms with van der Waals surface area (Å²) in [5.41, 5.74) is 0.0910. The van der Waals surface area contributed by atoms with Crippen LogP contribution in [-0.2, 0) is 65.5 Å². The summed E-state index contributed by atoms with van der Waals surface area (Å²) < 4.78 is 37.7. The highest BCUT2D eigenvalue weighted by molar-refractivity contribution is 5.78. The summed E-state index contributed by atoms with van der Waals surface area (Å²) in [5, 5.41) is 14.8. The minimum atomic E-state index is -1.67. The fourth-order valence-electron chi connectivity index (χ4n) is 4.16. The number of amides is 2. The zero-order chi connectivity index (χ0) is 33.9. The van der Waals surface area contributed by atoms with Gasteiger partial charge in [0.15, 0.2) is 18.3 Å². The van der Waals surface area contributed by atoms with Gasteiger partial charge in [0.25, 0.3) is 0 Å². The molecule has 16 nitrogen and oxygen atoms in total. The number of hydrogen-bond donors (Lipinski definition) is 3. The van der Waals surface area contributed by atoms with Gasteiger partial charge in [0.1, 0.15) is 11.4 Å². The van der Waals surface area contributed by atoms with Gasteiger partial charge in [-0.2, -0.15) is 0 Å². The lowest BCUT2D eigenvalue weighted by molar-refractivity contribution is -0.282. The van der Waals surface area contributed by atoms with E-state index in [2.05, 4.69) is 10.6 Å². The predicted octanol–water partition coefficient (Wildman–Crippen LogP) is 0.782. The van der Waals surface area contributed by atoms with Crippen molar-refractivity contribution in [3.05, 3.63) is 29.3 Å². The summed E-state index contributed by atoms with van der Waals surface area (Å²) in [4.78, 5) is 73.1. The summed E-state index contributed by atoms with van der Waals surface area (Å²) in [5.74, 6) is -3.92. The van der Waals surface area contributed by atoms with Gasteiger partial charge in [0, 0.05) is 45.8 Å². The molecule has 1 heterocycles. The highest BCUT2D eigenvalue weighted by Gasteiger charge is 2.56. The summed E-state index contributed by atoms with van der Waals surface area (Å²) in [6, 6.07) is 4.48. The van der Waals surface area contributed by atoms with Crippen LogP contribution in [0.2, 0.25) is 0 Å². The molecule has 5 atom stereocenters. The first kappa shape index (κ1) is 36.8. The van der Waals surface area contributed by atoms with Gasteiger partial charge in [-0.05, 0) is 38.5 Å². The quantitative estimate of drug-likeness (QED) is 0.213. The molecular weight excluding hydrogens is 600 g/mol. The predicted molar refractivity (Wildman–Crippen MR) is 151 cm³/mol. The summed E-state index contributed by atoms with van der Waals surface area (Å²) in [6.07, 6.45) is -8.74. The zero-order valence-electron chi connectivity index (χ0n) is 26.2. The minimum Gasteiger partial charge on any atom is -0.467 e. The molecule has 0 saturated carbocycles. The molecule has 0 bridgehead atoms. The fourth-order valence-corrected chi connectivity index (χ4v) is 4.16. The van der Waals surface area contributed by atoms with Gasteiger partial charge < -0.3 is 48.9 Å². The molecule has 16 heteroatoms. The number of nitrogens with one attached hydrogen (secondary N) is 2. The van der Waals surface area contributed by atoms with Crippen LogP contribution in [0.5, 0.6) is 5.75 Å². The number of rotatable bonds is 12. The molecular formula is C29H40N2O14. The molecule has 1 aliphatic rings. The van der Waals surface area contributed by atoms with Crippen molar-refractivity contribution in [3.63, 3.8) is 0 Å². The Labute approximate surface area is 259 Å². The normalized spacial score (nSPS) is 21.0. The number of methoxy groups -OCH3 is 1. The highest BCUT2D eigenvalue weighted by Crippen LogP contribution is 2.32. The van der Waals surface area contributed by atoms with Crippen molar-refractivity contribution < 1.29 is 67.0 Å². The number of carbonyl (C=O) groups is 6. The Morgan fingerprint density at radius 1 is 0.889 bits per heavy atom. The van der Waals surface area contributed by atoms with E-state index in [0.29, 0.717) is 11.1 Å². The summed E-state index contributed by atoms with van der Waals surface area (Å²) >= 11 is 0. The van der Waals surface area contributed by atoms with E-state index in [1.165, 1.54) is 18.2 Å². The van der Waals surface area contributed by atoms with Crippen molar-refractivity contribution in [2.45, 2.75) is 97.4 Å². The van der Waals surface area contributed by atoms with Crippen LogP contribution in [0.1, 0.15) is 59.1 Å². The van der Waals surface area contributed by atoms with E-state index < -0.39 is 72.2 Å². The van der Waals surface area contributed by atoms with Crippen molar-refractivity contribution in [1.82, 2.24) is 10.6 Å². The molecule has 0 aromatic heterocycles. The monoisotopic (exact) mass is 640 g/mol. The number of carbonyl (C=O) groups excluding carboxylic acids is 6. The molecule has 1 aromatic rings. The van der Waals surface area contributed by atoms with Gasteiger partial charge in [-0.1, -0.05) is 6.07 Å². The molecule has 45 heavy (non-hydrogen) atoms. The molecule has 1 aromatic carbocycles. The maximum absolute atomic E-state index is 12.7. The van der Waals surface area contributed by atoms with Gasteiger partial charge in [-0.15, -0.1) is 0 Å². The van der Waals surface area contributed by atoms with E-state index in [9.17, 15) is 33.9 Å². The third-order valence-electron chi connectivity index (χ3n) is 5.88. The first-order valence-corrected chi connectivity index (χ1v) is 13.9. The molecule has 0 spiro atoms. The Morgan fingerprint density at radius 2 is 1.49 bits per heavy atom. The van der Waals surface area contributed by atoms with Crippen molar-refractivity contribution >= 4 is 35.9 Å². The molecule has 2 amide bonds. The summed E-state index contributed by atoms with van der Waals surface area (Å²) in [6.45, 7) is 7.83. The molecule has 1 saturated heterocycles. The number of aliphatic hydroxyl groups is 1. The van der Waals surface area contributed by atoms with Crippen LogP contribution < -0.4 is 15.4 Å². The summed E-state index contributed by atoms with van der Waals surface area (Å²) in [7, 11) is 1.06. The lowest BCUT2D eigenvalue weighted by atomic mass is 9.97. The molecule has 2 rings (SSSR count). The van der Waals surface area contributed by atoms with Crippen LogP contribution in [0.4, 0.5) is 4.79 Å². The minimum absolute atomic E-state index is 0.00326. The first-order chi connectivity index (χ1) is 21.0. The van der Waals surface area contributed by atoms with E-state index in [1.807, 2.05) is 0 Å². The van der Waals surface area contributed by atoms with Crippen LogP contribution in [-0.4, -0.2) is 90.9 Å². The van der Waals surface area contributed by atoms with Crippen LogP contribution in [0.15, 0.2) is 18.2 Å². The van der Waals surface area contributed by atoms with Gasteiger partial charge >= 0.3 is 30.0 Å². The Hall–Kier alpha value is -4.44. The molecule has 250 valence electrons. The van der Waals surface area contributed by atoms with Crippen LogP contribution >= 0.6 is 0 Å². The van der Waals surface area contributed by atoms with Gasteiger partial charge in [0.05, 0.1) is 13.7 Å². The average molecular weight is 641 g/mol. The smallest absolute Gasteiger partial charge is 0.407 e. The van der Waals surface area contributed by atoms with E-state index in [1.54, 1.807) is 20.8 Å². The molecule has 1 fully saturated rings. The van der Waals surface area contributed by atoms with E-state index in [4.69, 9.17) is 33.2 Å². The highest BCUT2D eigenvalue weighted by atomic mass is 16.7. The average Bonchev–Trinajstić information content (AvgIpc) is 2.93. The van der Waals surface area contributed by atoms with Crippen LogP contribution in [0.25, 0.3) is 0 Å². The second-order valence-electron chi connectivity index (χ2n) is 10.8. The largest absolute Gasteiger partial charge is 0.467 e. The van der Waals surface area contributed by atoms with E-state index in [-0.39, 0.29) is 31.9 Å². The Kier molecular flexibility index (Phi) is 13.5. The van der Waals surface area contributed by atoms with Crippen molar-refractivity contribution in [1.29, 1.82) is 0 Å². The maximum Gasteiger partial charge on any atom is 0.407 e. The van der Waals surface area contributed by atoms with Gasteiger partial charge in [-0.25, -0.2) is 9.59 Å². The standard InChI is InChI=1S/C29H40N2O14/c1-15(33)40-22-23(41-16(2)34)25(42-17(3)35)27(44-24(22)26(37)39-7)43-20-9-8-18(14-32)12-19(20)13-31-21(36)10-11-30-28(38)45-29(4,5)6/h8-9,12,22-25,27,32H,10-11,13-14H2,1-7H3,(H,30,38)(H,31,36)/t22-,23-,24-,25+,27+/m0/s1. The van der Waals surface area contributed by atoms with Crippen LogP contribution in [0, 0.1) is 0 Å². The van der Waals surface area contributed by atoms with Crippen LogP contribution in [0.3, 0.4) is 0 Å². The zero-order valence-corrected chi connectivity index (χ0v) is 26.2. The van der Waals surface area contributed by atoms with Gasteiger partial charge in [0.2, 0.25) is 18.3 Å². The number of alkyl carbamates (subject to hydrolysis) is 1. The lowest BCUT2D eigenvalue weighted by Gasteiger charge is -2.43. The maximum atomic E-state index is 12.7. The molecule has 0 unspecified atom stereocenters. The second-order valence-corrected chi connectivity index (χ2v) is 10.8. The number of esters is 4. The number of ether oxygens (including phenoxy) is 7. The van der Waals surface area contributed by atoms with Crippen molar-refractivity contribution in [2.24, 2.45) is 0 Å². The number of hydrogen-bond acceptors (Lipinski definition) is 14. The molecule has 0 radical (unpaired) electrons. The topological polar surface area (TPSA) is 211 Å². The van der Waals surface area contributed by atoms with Crippen molar-refractivity contribution in [3.8, 4) is 5.75 Å². The first-order valence-electron chi connectivity index (χ1n) is 13.9. The van der Waals surface area contributed by atoms with Gasteiger partial charge in [-0.3, -0.25) is 19.2 Å². The Morgan fingerprint density at radius 3 is 2.04 bits per heavy atom. The third kappa shape index (κ3) is 11.9. The SMILES string of the molecule is COC(=O)[C@H]1O[C@@H](Oc2ccc(CO)cc2CNC(=O)CCNC(=O)OC(C)(C)C)[C@H](OC(C)=O)[C@@H](OC(C)=O)[C@@H]1OC(C)=O. The van der Waals surface area contributed by atoms with E-state index in [0.717, 1.165) is 27.9 Å². The molecule has 3 N–H and O–H groups in total. The number of aliphatic hydroxyl groups excluding tert-OH is 1. The fraction of sp³-hybridized carbons (Fsp3) is 0.586. The molecule has 0 aliphatic carbocycles. The second kappa shape index (κ2) is 16.6. The van der Waals surface area contributed by atoms with E-state index >= 15 is 0 Å². The lowest BCUT2D eigenvalue weighted by Crippen LogP contribution is -2.64.